The van der Waals surface area contributed by atoms with E-state index < -0.39 is 154 Å². The molecule has 17 atom stereocenters. The van der Waals surface area contributed by atoms with E-state index in [1.54, 1.807) is 85.9 Å². The number of rotatable bonds is 6. The van der Waals surface area contributed by atoms with Crippen molar-refractivity contribution in [2.24, 2.45) is 17.6 Å². The van der Waals surface area contributed by atoms with E-state index in [2.05, 4.69) is 5.32 Å². The molecule has 392 valence electrons. The van der Waals surface area contributed by atoms with Crippen LogP contribution in [0.3, 0.4) is 0 Å². The van der Waals surface area contributed by atoms with Gasteiger partial charge >= 0.3 is 5.97 Å². The monoisotopic (exact) mass is 983 g/mol. The zero-order valence-corrected chi connectivity index (χ0v) is 39.7. The Labute approximate surface area is 404 Å². The zero-order valence-electron chi connectivity index (χ0n) is 39.7. The molecule has 3 heterocycles. The maximum atomic E-state index is 13.9. The van der Waals surface area contributed by atoms with Crippen LogP contribution in [0, 0.1) is 11.8 Å². The highest BCUT2D eigenvalue weighted by atomic mass is 16.7. The van der Waals surface area contributed by atoms with Crippen LogP contribution in [0.2, 0.25) is 0 Å². The minimum Gasteiger partial charge on any atom is -0.462 e. The van der Waals surface area contributed by atoms with Crippen LogP contribution in [0.4, 0.5) is 0 Å². The maximum absolute atomic E-state index is 13.9. The standard InChI is InChI=1S/C49H78N2O18/c1-30-16-14-12-10-8-6-4-5-7-9-11-13-15-17-35(68-47-45(63)44(50)40(61)27-66-47)24-41-43(46(64)51-48(3,28-52)29-53)39(60)26-49(65,69-41)25-34(56)22-38(59)36(57)19-18-32(54)21-33(55)23-42(62)67-31(2)20-37(30)58/h4-17,30-41,43-45,47,52-61,63,65H,18-29,50H2,1-3H3,(H,51,64)/b5-4+,8-6+,9-7+,12-10+,13-11+,16-14+,17-15+/t30-,31-,32?,33?,34?,35?,36?,37-,38?,39-,40+,41-,43+,44-,45-,47-,49?/m0/s1. The van der Waals surface area contributed by atoms with Gasteiger partial charge in [-0.2, -0.15) is 0 Å². The van der Waals surface area contributed by atoms with Crippen LogP contribution in [0.5, 0.6) is 0 Å². The lowest BCUT2D eigenvalue weighted by atomic mass is 9.81. The largest absolute Gasteiger partial charge is 0.462 e. The van der Waals surface area contributed by atoms with E-state index in [-0.39, 0.29) is 44.6 Å². The Hall–Kier alpha value is -3.52. The predicted molar refractivity (Wildman–Crippen MR) is 251 cm³/mol. The van der Waals surface area contributed by atoms with Gasteiger partial charge < -0.3 is 91.3 Å². The predicted octanol–water partition coefficient (Wildman–Crippen LogP) is -1.15. The summed E-state index contributed by atoms with van der Waals surface area (Å²) in [6.07, 6.45) is 4.28. The van der Waals surface area contributed by atoms with E-state index in [1.165, 1.54) is 13.0 Å². The number of nitrogens with one attached hydrogen (secondary N) is 1. The SMILES string of the molecule is C[C@H]1C[C@H](O)[C@@H](C)/C=C/C=C/C=C/C=C/C=C/C=C/C=C/C(O[C@@H]2OC[C@@H](O)[C@H](N)[C@@H]2O)C[C@@H]2OC(O)(CC(O)CC(O)C(O)CCC(O)CC(O)CC(=O)O1)C[C@H](O)[C@H]2C(=O)NC(C)(CO)CO. The van der Waals surface area contributed by atoms with Crippen molar-refractivity contribution in [3.63, 3.8) is 0 Å². The van der Waals surface area contributed by atoms with Crippen LogP contribution in [-0.4, -0.2) is 190 Å². The lowest BCUT2D eigenvalue weighted by Gasteiger charge is -2.46. The summed E-state index contributed by atoms with van der Waals surface area (Å²) in [6.45, 7) is 3.15. The van der Waals surface area contributed by atoms with Crippen molar-refractivity contribution in [3.05, 3.63) is 85.1 Å². The molecule has 20 nitrogen and oxygen atoms in total. The molecule has 0 radical (unpaired) electrons. The normalized spacial score (nSPS) is 41.6. The molecule has 0 aromatic rings. The van der Waals surface area contributed by atoms with Crippen LogP contribution in [0.15, 0.2) is 85.1 Å². The first-order valence-corrected chi connectivity index (χ1v) is 23.6. The maximum Gasteiger partial charge on any atom is 0.308 e. The lowest BCUT2D eigenvalue weighted by Crippen LogP contribution is -2.62. The second-order valence-corrected chi connectivity index (χ2v) is 18.7. The fraction of sp³-hybridized carbons (Fsp3) is 0.673. The van der Waals surface area contributed by atoms with Crippen molar-refractivity contribution in [1.29, 1.82) is 0 Å². The Morgan fingerprint density at radius 1 is 0.725 bits per heavy atom. The van der Waals surface area contributed by atoms with Gasteiger partial charge in [0, 0.05) is 38.0 Å². The summed E-state index contributed by atoms with van der Waals surface area (Å²) in [7, 11) is 0. The number of cyclic esters (lactones) is 1. The van der Waals surface area contributed by atoms with Gasteiger partial charge in [0.2, 0.25) is 5.91 Å². The van der Waals surface area contributed by atoms with E-state index in [0.717, 1.165) is 0 Å². The highest BCUT2D eigenvalue weighted by molar-refractivity contribution is 5.81. The van der Waals surface area contributed by atoms with E-state index in [0.29, 0.717) is 0 Å². The second kappa shape index (κ2) is 29.7. The van der Waals surface area contributed by atoms with E-state index in [9.17, 15) is 70.9 Å². The third kappa shape index (κ3) is 21.0. The van der Waals surface area contributed by atoms with E-state index in [4.69, 9.17) is 24.7 Å². The average Bonchev–Trinajstić information content (AvgIpc) is 3.27. The van der Waals surface area contributed by atoms with Gasteiger partial charge in [-0.25, -0.2) is 0 Å². The molecule has 0 saturated carbocycles. The van der Waals surface area contributed by atoms with Gasteiger partial charge in [0.1, 0.15) is 12.2 Å². The zero-order chi connectivity index (χ0) is 51.3. The molecule has 1 amide bonds. The Morgan fingerprint density at radius 2 is 1.30 bits per heavy atom. The van der Waals surface area contributed by atoms with Gasteiger partial charge in [-0.1, -0.05) is 92.0 Å². The molecule has 2 bridgehead atoms. The molecular formula is C49H78N2O18. The van der Waals surface area contributed by atoms with Crippen molar-refractivity contribution in [1.82, 2.24) is 5.32 Å². The summed E-state index contributed by atoms with van der Waals surface area (Å²) >= 11 is 0. The number of nitrogens with two attached hydrogens (primary N) is 1. The number of esters is 1. The molecule has 0 spiro atoms. The third-order valence-corrected chi connectivity index (χ3v) is 12.2. The minimum absolute atomic E-state index is 0.118. The van der Waals surface area contributed by atoms with E-state index >= 15 is 0 Å². The quantitative estimate of drug-likeness (QED) is 0.140. The van der Waals surface area contributed by atoms with Crippen molar-refractivity contribution in [2.45, 2.75) is 175 Å². The average molecular weight is 983 g/mol. The summed E-state index contributed by atoms with van der Waals surface area (Å²) in [5, 5.41) is 131. The lowest BCUT2D eigenvalue weighted by molar-refractivity contribution is -0.304. The van der Waals surface area contributed by atoms with Crippen LogP contribution < -0.4 is 11.1 Å². The molecule has 0 aromatic heterocycles. The number of allylic oxidation sites excluding steroid dienone is 12. The number of carbonyl (C=O) groups is 2. The number of hydrogen-bond acceptors (Lipinski definition) is 19. The number of amides is 1. The summed E-state index contributed by atoms with van der Waals surface area (Å²) in [4.78, 5) is 26.4. The Bertz CT molecular complexity index is 1750. The molecule has 0 aliphatic carbocycles. The third-order valence-electron chi connectivity index (χ3n) is 12.2. The molecule has 3 aliphatic heterocycles. The molecule has 3 aliphatic rings. The number of aliphatic hydroxyl groups excluding tert-OH is 11. The number of fused-ring (bicyclic) bond motifs is 2. The van der Waals surface area contributed by atoms with Crippen molar-refractivity contribution in [3.8, 4) is 0 Å². The van der Waals surface area contributed by atoms with Gasteiger partial charge in [0.15, 0.2) is 12.1 Å². The van der Waals surface area contributed by atoms with Crippen molar-refractivity contribution < 1.29 is 89.8 Å². The Kier molecular flexibility index (Phi) is 25.8. The first kappa shape index (κ1) is 59.8. The van der Waals surface area contributed by atoms with Gasteiger partial charge in [0.05, 0.1) is 105 Å². The Morgan fingerprint density at radius 3 is 1.90 bits per heavy atom. The van der Waals surface area contributed by atoms with Crippen LogP contribution >= 0.6 is 0 Å². The van der Waals surface area contributed by atoms with Crippen LogP contribution in [0.25, 0.3) is 0 Å². The highest BCUT2D eigenvalue weighted by Crippen LogP contribution is 2.38. The fourth-order valence-electron chi connectivity index (χ4n) is 8.02. The number of hydrogen-bond donors (Lipinski definition) is 14. The number of ether oxygens (including phenoxy) is 4. The van der Waals surface area contributed by atoms with Gasteiger partial charge in [-0.3, -0.25) is 9.59 Å². The molecule has 20 heteroatoms. The number of aliphatic hydroxyl groups is 12. The van der Waals surface area contributed by atoms with Crippen molar-refractivity contribution >= 4 is 11.9 Å². The van der Waals surface area contributed by atoms with Crippen molar-refractivity contribution in [2.75, 3.05) is 19.8 Å². The fourth-order valence-corrected chi connectivity index (χ4v) is 8.02. The molecule has 7 unspecified atom stereocenters. The highest BCUT2D eigenvalue weighted by Gasteiger charge is 2.51. The van der Waals surface area contributed by atoms with Gasteiger partial charge in [0.25, 0.3) is 0 Å². The number of carbonyl (C=O) groups excluding carboxylic acids is 2. The Balaban J connectivity index is 1.93. The molecule has 2 saturated heterocycles. The van der Waals surface area contributed by atoms with Gasteiger partial charge in [-0.15, -0.1) is 0 Å². The van der Waals surface area contributed by atoms with Gasteiger partial charge in [-0.05, 0) is 33.1 Å². The van der Waals surface area contributed by atoms with Crippen LogP contribution in [-0.2, 0) is 28.5 Å². The molecule has 15 N–H and O–H groups in total. The first-order valence-electron chi connectivity index (χ1n) is 23.6. The summed E-state index contributed by atoms with van der Waals surface area (Å²) < 4.78 is 23.2. The topological polar surface area (TPSA) is 352 Å². The molecule has 69 heavy (non-hydrogen) atoms. The van der Waals surface area contributed by atoms with Crippen LogP contribution in [0.1, 0.15) is 78.6 Å². The first-order chi connectivity index (χ1) is 32.6. The smallest absolute Gasteiger partial charge is 0.308 e. The van der Waals surface area contributed by atoms with E-state index in [1.807, 2.05) is 6.92 Å². The molecule has 3 rings (SSSR count). The molecule has 2 fully saturated rings. The minimum atomic E-state index is -2.36. The second-order valence-electron chi connectivity index (χ2n) is 18.7. The molecule has 0 aromatic carbocycles. The molecular weight excluding hydrogens is 905 g/mol. The summed E-state index contributed by atoms with van der Waals surface area (Å²) in [5.74, 6) is -5.72. The summed E-state index contributed by atoms with van der Waals surface area (Å²) in [6, 6.07) is -1.15. The summed E-state index contributed by atoms with van der Waals surface area (Å²) in [5.41, 5.74) is 4.46.